The van der Waals surface area contributed by atoms with Gasteiger partial charge in [-0.05, 0) is 17.7 Å². The van der Waals surface area contributed by atoms with E-state index >= 15 is 0 Å². The molecule has 0 fully saturated rings. The molecule has 0 heterocycles. The van der Waals surface area contributed by atoms with E-state index in [0.717, 1.165) is 11.3 Å². The molecule has 0 radical (unpaired) electrons. The summed E-state index contributed by atoms with van der Waals surface area (Å²) in [4.78, 5) is 10.6. The van der Waals surface area contributed by atoms with Crippen LogP contribution in [0.25, 0.3) is 0 Å². The minimum atomic E-state index is -0.624. The van der Waals surface area contributed by atoms with E-state index in [1.165, 1.54) is 0 Å². The normalized spacial score (nSPS) is 9.57. The number of hydrogen-bond acceptors (Lipinski definition) is 4. The first-order valence-electron chi connectivity index (χ1n) is 4.15. The lowest BCUT2D eigenvalue weighted by Gasteiger charge is -2.04. The quantitative estimate of drug-likeness (QED) is 0.721. The van der Waals surface area contributed by atoms with Crippen molar-refractivity contribution in [1.82, 2.24) is 0 Å². The summed E-state index contributed by atoms with van der Waals surface area (Å²) in [5, 5.41) is 8.40. The lowest BCUT2D eigenvalue weighted by atomic mass is 10.2. The van der Waals surface area contributed by atoms with E-state index in [1.54, 1.807) is 31.4 Å². The first kappa shape index (κ1) is 10.5. The van der Waals surface area contributed by atoms with Gasteiger partial charge in [-0.2, -0.15) is 0 Å². The minimum Gasteiger partial charge on any atom is -0.497 e. The van der Waals surface area contributed by atoms with Crippen LogP contribution in [0.1, 0.15) is 5.56 Å². The van der Waals surface area contributed by atoms with Gasteiger partial charge in [-0.3, -0.25) is 0 Å². The SMILES string of the molecule is COc1ccc(COC(=O)CO)cc1. The molecule has 0 bridgehead atoms. The number of methoxy groups -OCH3 is 1. The van der Waals surface area contributed by atoms with Crippen molar-refractivity contribution in [3.8, 4) is 5.75 Å². The van der Waals surface area contributed by atoms with E-state index in [9.17, 15) is 4.79 Å². The van der Waals surface area contributed by atoms with Crippen LogP contribution in [0.15, 0.2) is 24.3 Å². The maximum Gasteiger partial charge on any atom is 0.332 e. The Balaban J connectivity index is 2.47. The molecular formula is C10H12O4. The van der Waals surface area contributed by atoms with Crippen molar-refractivity contribution in [1.29, 1.82) is 0 Å². The number of ether oxygens (including phenoxy) is 2. The molecule has 76 valence electrons. The summed E-state index contributed by atoms with van der Waals surface area (Å²) in [6, 6.07) is 7.15. The second-order valence-electron chi connectivity index (χ2n) is 2.67. The highest BCUT2D eigenvalue weighted by molar-refractivity contribution is 5.70. The molecule has 1 aromatic carbocycles. The van der Waals surface area contributed by atoms with Crippen molar-refractivity contribution >= 4 is 5.97 Å². The number of carbonyl (C=O) groups excluding carboxylic acids is 1. The average molecular weight is 196 g/mol. The van der Waals surface area contributed by atoms with Crippen LogP contribution < -0.4 is 4.74 Å². The number of esters is 1. The molecule has 0 saturated heterocycles. The summed E-state index contributed by atoms with van der Waals surface area (Å²) in [5.41, 5.74) is 0.854. The van der Waals surface area contributed by atoms with Gasteiger partial charge in [-0.1, -0.05) is 12.1 Å². The van der Waals surface area contributed by atoms with E-state index in [4.69, 9.17) is 14.6 Å². The molecule has 4 nitrogen and oxygen atoms in total. The summed E-state index contributed by atoms with van der Waals surface area (Å²) in [5.74, 6) is 0.128. The van der Waals surface area contributed by atoms with Crippen molar-refractivity contribution in [2.24, 2.45) is 0 Å². The fourth-order valence-electron chi connectivity index (χ4n) is 0.931. The van der Waals surface area contributed by atoms with Gasteiger partial charge in [0, 0.05) is 0 Å². The van der Waals surface area contributed by atoms with E-state index in [0.29, 0.717) is 0 Å². The predicted molar refractivity (Wildman–Crippen MR) is 49.9 cm³/mol. The molecule has 0 unspecified atom stereocenters. The lowest BCUT2D eigenvalue weighted by molar-refractivity contribution is -0.148. The summed E-state index contributed by atoms with van der Waals surface area (Å²) >= 11 is 0. The molecule has 1 N–H and O–H groups in total. The van der Waals surface area contributed by atoms with Gasteiger partial charge >= 0.3 is 5.97 Å². The molecule has 0 atom stereocenters. The van der Waals surface area contributed by atoms with E-state index in [2.05, 4.69) is 0 Å². The third kappa shape index (κ3) is 3.06. The van der Waals surface area contributed by atoms with Crippen LogP contribution in [0.3, 0.4) is 0 Å². The fraction of sp³-hybridized carbons (Fsp3) is 0.300. The number of benzene rings is 1. The summed E-state index contributed by atoms with van der Waals surface area (Å²) in [7, 11) is 1.58. The van der Waals surface area contributed by atoms with Crippen LogP contribution >= 0.6 is 0 Å². The molecule has 0 aliphatic rings. The lowest BCUT2D eigenvalue weighted by Crippen LogP contribution is -2.08. The van der Waals surface area contributed by atoms with Crippen LogP contribution in [0.4, 0.5) is 0 Å². The Kier molecular flexibility index (Phi) is 3.94. The summed E-state index contributed by atoms with van der Waals surface area (Å²) in [6.45, 7) is -0.417. The van der Waals surface area contributed by atoms with Gasteiger partial charge in [0.25, 0.3) is 0 Å². The third-order valence-corrected chi connectivity index (χ3v) is 1.69. The minimum absolute atomic E-state index is 0.170. The summed E-state index contributed by atoms with van der Waals surface area (Å²) in [6.07, 6.45) is 0. The Morgan fingerprint density at radius 2 is 2.00 bits per heavy atom. The zero-order valence-electron chi connectivity index (χ0n) is 7.90. The van der Waals surface area contributed by atoms with Gasteiger partial charge in [-0.25, -0.2) is 4.79 Å². The van der Waals surface area contributed by atoms with Gasteiger partial charge in [-0.15, -0.1) is 0 Å². The van der Waals surface area contributed by atoms with Gasteiger partial charge in [0.2, 0.25) is 0 Å². The third-order valence-electron chi connectivity index (χ3n) is 1.69. The smallest absolute Gasteiger partial charge is 0.332 e. The molecule has 0 aliphatic heterocycles. The number of hydrogen-bond donors (Lipinski definition) is 1. The first-order chi connectivity index (χ1) is 6.76. The molecule has 1 aromatic rings. The van der Waals surface area contributed by atoms with Crippen LogP contribution in [0, 0.1) is 0 Å². The monoisotopic (exact) mass is 196 g/mol. The Morgan fingerprint density at radius 3 is 2.50 bits per heavy atom. The Labute approximate surface area is 82.1 Å². The molecule has 0 aliphatic carbocycles. The second kappa shape index (κ2) is 5.24. The Morgan fingerprint density at radius 1 is 1.36 bits per heavy atom. The predicted octanol–water partition coefficient (Wildman–Crippen LogP) is 0.731. The molecule has 0 spiro atoms. The van der Waals surface area contributed by atoms with Crippen LogP contribution in [0.5, 0.6) is 5.75 Å². The van der Waals surface area contributed by atoms with Gasteiger partial charge < -0.3 is 14.6 Å². The van der Waals surface area contributed by atoms with Gasteiger partial charge in [0.1, 0.15) is 19.0 Å². The zero-order chi connectivity index (χ0) is 10.4. The number of aliphatic hydroxyl groups excluding tert-OH is 1. The van der Waals surface area contributed by atoms with Crippen LogP contribution in [-0.2, 0) is 16.1 Å². The standard InChI is InChI=1S/C10H12O4/c1-13-9-4-2-8(3-5-9)7-14-10(12)6-11/h2-5,11H,6-7H2,1H3. The Bertz CT molecular complexity index is 291. The van der Waals surface area contributed by atoms with Crippen molar-refractivity contribution in [3.05, 3.63) is 29.8 Å². The molecule has 1 rings (SSSR count). The highest BCUT2D eigenvalue weighted by atomic mass is 16.5. The number of rotatable bonds is 4. The number of carbonyl (C=O) groups is 1. The van der Waals surface area contributed by atoms with Crippen molar-refractivity contribution in [2.75, 3.05) is 13.7 Å². The van der Waals surface area contributed by atoms with Crippen molar-refractivity contribution in [3.63, 3.8) is 0 Å². The van der Waals surface area contributed by atoms with Crippen LogP contribution in [-0.4, -0.2) is 24.8 Å². The van der Waals surface area contributed by atoms with Crippen LogP contribution in [0.2, 0.25) is 0 Å². The van der Waals surface area contributed by atoms with Crippen molar-refractivity contribution < 1.29 is 19.4 Å². The molecule has 0 amide bonds. The maximum atomic E-state index is 10.6. The highest BCUT2D eigenvalue weighted by Gasteiger charge is 2.00. The largest absolute Gasteiger partial charge is 0.497 e. The van der Waals surface area contributed by atoms with E-state index < -0.39 is 12.6 Å². The number of aliphatic hydroxyl groups is 1. The molecule has 0 aromatic heterocycles. The zero-order valence-corrected chi connectivity index (χ0v) is 7.90. The maximum absolute atomic E-state index is 10.6. The highest BCUT2D eigenvalue weighted by Crippen LogP contribution is 2.11. The molecule has 4 heteroatoms. The van der Waals surface area contributed by atoms with Gasteiger partial charge in [0.05, 0.1) is 7.11 Å². The van der Waals surface area contributed by atoms with E-state index in [-0.39, 0.29) is 6.61 Å². The molecule has 0 saturated carbocycles. The topological polar surface area (TPSA) is 55.8 Å². The van der Waals surface area contributed by atoms with Gasteiger partial charge in [0.15, 0.2) is 0 Å². The second-order valence-corrected chi connectivity index (χ2v) is 2.67. The average Bonchev–Trinajstić information content (AvgIpc) is 2.26. The summed E-state index contributed by atoms with van der Waals surface area (Å²) < 4.78 is 9.69. The fourth-order valence-corrected chi connectivity index (χ4v) is 0.931. The Hall–Kier alpha value is -1.55. The molecule has 14 heavy (non-hydrogen) atoms. The molecular weight excluding hydrogens is 184 g/mol. The first-order valence-corrected chi connectivity index (χ1v) is 4.15. The van der Waals surface area contributed by atoms with E-state index in [1.807, 2.05) is 0 Å². The van der Waals surface area contributed by atoms with Crippen molar-refractivity contribution in [2.45, 2.75) is 6.61 Å².